The van der Waals surface area contributed by atoms with Gasteiger partial charge in [-0.05, 0) is 44.7 Å². The number of nitrogens with one attached hydrogen (secondary N) is 1. The van der Waals surface area contributed by atoms with Crippen molar-refractivity contribution in [1.82, 2.24) is 5.32 Å². The van der Waals surface area contributed by atoms with Crippen LogP contribution in [0.5, 0.6) is 0 Å². The zero-order valence-corrected chi connectivity index (χ0v) is 12.8. The van der Waals surface area contributed by atoms with Crippen LogP contribution >= 0.6 is 0 Å². The summed E-state index contributed by atoms with van der Waals surface area (Å²) in [6.07, 6.45) is 4.07. The van der Waals surface area contributed by atoms with E-state index >= 15 is 0 Å². The molecule has 3 atom stereocenters. The third-order valence-corrected chi connectivity index (χ3v) is 4.58. The van der Waals surface area contributed by atoms with Crippen LogP contribution in [-0.2, 0) is 4.79 Å². The van der Waals surface area contributed by atoms with E-state index < -0.39 is 0 Å². The number of aryl methyl sites for hydroxylation is 1. The minimum absolute atomic E-state index is 0.0291. The van der Waals surface area contributed by atoms with E-state index in [1.54, 1.807) is 0 Å². The Kier molecular flexibility index (Phi) is 4.48. The lowest BCUT2D eigenvalue weighted by molar-refractivity contribution is -0.128. The topological polar surface area (TPSA) is 55.1 Å². The molecule has 1 aliphatic rings. The van der Waals surface area contributed by atoms with Crippen LogP contribution in [0.2, 0.25) is 0 Å². The zero-order chi connectivity index (χ0) is 14.8. The minimum Gasteiger partial charge on any atom is -0.349 e. The van der Waals surface area contributed by atoms with Gasteiger partial charge in [0.05, 0.1) is 12.0 Å². The molecule has 1 aliphatic carbocycles. The van der Waals surface area contributed by atoms with Crippen molar-refractivity contribution in [2.45, 2.75) is 58.0 Å². The lowest BCUT2D eigenvalue weighted by Crippen LogP contribution is -2.53. The molecule has 110 valence electrons. The van der Waals surface area contributed by atoms with Crippen LogP contribution in [0.1, 0.15) is 56.7 Å². The average molecular weight is 274 g/mol. The Morgan fingerprint density at radius 1 is 1.40 bits per heavy atom. The maximum atomic E-state index is 12.5. The van der Waals surface area contributed by atoms with Gasteiger partial charge in [-0.1, -0.05) is 37.1 Å². The van der Waals surface area contributed by atoms with Gasteiger partial charge in [-0.3, -0.25) is 4.79 Å². The summed E-state index contributed by atoms with van der Waals surface area (Å²) in [5, 5.41) is 3.14. The van der Waals surface area contributed by atoms with Crippen molar-refractivity contribution in [2.24, 2.45) is 11.7 Å². The predicted octanol–water partition coefficient (Wildman–Crippen LogP) is 3.08. The SMILES string of the molecule is Cc1ccccc1C(C)NC(=O)C1CCCCC1(C)N. The highest BCUT2D eigenvalue weighted by Gasteiger charge is 2.38. The van der Waals surface area contributed by atoms with Gasteiger partial charge in [0.25, 0.3) is 0 Å². The van der Waals surface area contributed by atoms with Crippen LogP contribution < -0.4 is 11.1 Å². The second kappa shape index (κ2) is 5.96. The van der Waals surface area contributed by atoms with Gasteiger partial charge in [-0.25, -0.2) is 0 Å². The van der Waals surface area contributed by atoms with E-state index in [-0.39, 0.29) is 23.4 Å². The van der Waals surface area contributed by atoms with E-state index in [4.69, 9.17) is 5.73 Å². The molecule has 1 fully saturated rings. The Balaban J connectivity index is 2.06. The fourth-order valence-electron chi connectivity index (χ4n) is 3.25. The first-order valence-corrected chi connectivity index (χ1v) is 7.56. The Morgan fingerprint density at radius 2 is 2.10 bits per heavy atom. The summed E-state index contributed by atoms with van der Waals surface area (Å²) in [6, 6.07) is 8.21. The van der Waals surface area contributed by atoms with Crippen molar-refractivity contribution in [3.63, 3.8) is 0 Å². The maximum absolute atomic E-state index is 12.5. The Morgan fingerprint density at radius 3 is 2.75 bits per heavy atom. The molecule has 0 bridgehead atoms. The van der Waals surface area contributed by atoms with Crippen molar-refractivity contribution in [3.8, 4) is 0 Å². The maximum Gasteiger partial charge on any atom is 0.225 e. The molecular formula is C17H26N2O. The predicted molar refractivity (Wildman–Crippen MR) is 82.3 cm³/mol. The second-order valence-electron chi connectivity index (χ2n) is 6.39. The van der Waals surface area contributed by atoms with Crippen LogP contribution in [0, 0.1) is 12.8 Å². The van der Waals surface area contributed by atoms with Gasteiger partial charge >= 0.3 is 0 Å². The molecule has 0 radical (unpaired) electrons. The molecule has 3 nitrogen and oxygen atoms in total. The first-order valence-electron chi connectivity index (χ1n) is 7.56. The largest absolute Gasteiger partial charge is 0.349 e. The summed E-state index contributed by atoms with van der Waals surface area (Å²) in [4.78, 5) is 12.5. The van der Waals surface area contributed by atoms with Gasteiger partial charge in [0.1, 0.15) is 0 Å². The summed E-state index contributed by atoms with van der Waals surface area (Å²) >= 11 is 0. The van der Waals surface area contributed by atoms with E-state index in [2.05, 4.69) is 24.4 Å². The van der Waals surface area contributed by atoms with Gasteiger partial charge < -0.3 is 11.1 Å². The number of nitrogens with two attached hydrogens (primary N) is 1. The van der Waals surface area contributed by atoms with Crippen LogP contribution in [0.15, 0.2) is 24.3 Å². The quantitative estimate of drug-likeness (QED) is 0.890. The molecule has 0 aliphatic heterocycles. The molecular weight excluding hydrogens is 248 g/mol. The smallest absolute Gasteiger partial charge is 0.225 e. The number of amides is 1. The number of rotatable bonds is 3. The summed E-state index contributed by atoms with van der Waals surface area (Å²) in [7, 11) is 0. The lowest BCUT2D eigenvalue weighted by atomic mass is 9.74. The Bertz CT molecular complexity index is 482. The van der Waals surface area contributed by atoms with Gasteiger partial charge in [0.2, 0.25) is 5.91 Å². The van der Waals surface area contributed by atoms with Gasteiger partial charge in [-0.2, -0.15) is 0 Å². The summed E-state index contributed by atoms with van der Waals surface area (Å²) in [5.74, 6) is 0.0353. The standard InChI is InChI=1S/C17H26N2O/c1-12-8-4-5-9-14(12)13(2)19-16(20)15-10-6-7-11-17(15,3)18/h4-5,8-9,13,15H,6-7,10-11,18H2,1-3H3,(H,19,20). The van der Waals surface area contributed by atoms with Crippen LogP contribution in [0.3, 0.4) is 0 Å². The molecule has 1 aromatic carbocycles. The Hall–Kier alpha value is -1.35. The number of carbonyl (C=O) groups is 1. The lowest BCUT2D eigenvalue weighted by Gasteiger charge is -2.37. The number of carbonyl (C=O) groups excluding carboxylic acids is 1. The van der Waals surface area contributed by atoms with Gasteiger partial charge in [-0.15, -0.1) is 0 Å². The van der Waals surface area contributed by atoms with E-state index in [0.717, 1.165) is 25.7 Å². The molecule has 0 heterocycles. The molecule has 1 aromatic rings. The first kappa shape index (κ1) is 15.0. The molecule has 3 unspecified atom stereocenters. The van der Waals surface area contributed by atoms with Crippen molar-refractivity contribution in [2.75, 3.05) is 0 Å². The second-order valence-corrected chi connectivity index (χ2v) is 6.39. The number of hydrogen-bond donors (Lipinski definition) is 2. The average Bonchev–Trinajstić information content (AvgIpc) is 2.38. The number of benzene rings is 1. The van der Waals surface area contributed by atoms with Crippen LogP contribution in [-0.4, -0.2) is 11.4 Å². The molecule has 0 spiro atoms. The fraction of sp³-hybridized carbons (Fsp3) is 0.588. The molecule has 3 heteroatoms. The molecule has 0 saturated heterocycles. The van der Waals surface area contributed by atoms with Crippen molar-refractivity contribution in [1.29, 1.82) is 0 Å². The van der Waals surface area contributed by atoms with E-state index in [9.17, 15) is 4.79 Å². The summed E-state index contributed by atoms with van der Waals surface area (Å²) in [6.45, 7) is 6.12. The van der Waals surface area contributed by atoms with Crippen LogP contribution in [0.4, 0.5) is 0 Å². The van der Waals surface area contributed by atoms with Crippen molar-refractivity contribution >= 4 is 5.91 Å². The molecule has 0 aromatic heterocycles. The summed E-state index contributed by atoms with van der Waals surface area (Å²) < 4.78 is 0. The zero-order valence-electron chi connectivity index (χ0n) is 12.8. The summed E-state index contributed by atoms with van der Waals surface area (Å²) in [5.41, 5.74) is 8.32. The molecule has 1 amide bonds. The highest BCUT2D eigenvalue weighted by Crippen LogP contribution is 2.32. The number of hydrogen-bond acceptors (Lipinski definition) is 2. The van der Waals surface area contributed by atoms with Crippen LogP contribution in [0.25, 0.3) is 0 Å². The normalized spacial score (nSPS) is 27.9. The van der Waals surface area contributed by atoms with Gasteiger partial charge in [0.15, 0.2) is 0 Å². The third-order valence-electron chi connectivity index (χ3n) is 4.58. The first-order chi connectivity index (χ1) is 9.42. The third kappa shape index (κ3) is 3.21. The van der Waals surface area contributed by atoms with E-state index in [0.29, 0.717) is 0 Å². The van der Waals surface area contributed by atoms with E-state index in [1.165, 1.54) is 11.1 Å². The van der Waals surface area contributed by atoms with Crippen molar-refractivity contribution < 1.29 is 4.79 Å². The Labute approximate surface area is 121 Å². The molecule has 1 saturated carbocycles. The highest BCUT2D eigenvalue weighted by molar-refractivity contribution is 5.80. The molecule has 2 rings (SSSR count). The van der Waals surface area contributed by atoms with E-state index in [1.807, 2.05) is 26.0 Å². The highest BCUT2D eigenvalue weighted by atomic mass is 16.2. The molecule has 20 heavy (non-hydrogen) atoms. The minimum atomic E-state index is -0.367. The van der Waals surface area contributed by atoms with Crippen molar-refractivity contribution in [3.05, 3.63) is 35.4 Å². The monoisotopic (exact) mass is 274 g/mol. The van der Waals surface area contributed by atoms with Gasteiger partial charge in [0, 0.05) is 5.54 Å². The fourth-order valence-corrected chi connectivity index (χ4v) is 3.25. The molecule has 3 N–H and O–H groups in total.